The maximum atomic E-state index is 10.7. The molecule has 0 aliphatic carbocycles. The lowest BCUT2D eigenvalue weighted by Crippen LogP contribution is -2.49. The fraction of sp³-hybridized carbons (Fsp3) is 0.923. The molecule has 3 aliphatic rings. The molecule has 7 heteroatoms. The van der Waals surface area contributed by atoms with E-state index < -0.39 is 36.2 Å². The summed E-state index contributed by atoms with van der Waals surface area (Å²) in [6.45, 7) is 5.60. The zero-order valence-corrected chi connectivity index (χ0v) is 12.2. The maximum absolute atomic E-state index is 10.7. The Kier molecular flexibility index (Phi) is 3.30. The fourth-order valence-electron chi connectivity index (χ4n) is 2.96. The van der Waals surface area contributed by atoms with E-state index >= 15 is 0 Å². The molecule has 0 aromatic carbocycles. The Morgan fingerprint density at radius 1 is 1.35 bits per heavy atom. The second kappa shape index (κ2) is 4.64. The van der Waals surface area contributed by atoms with Crippen molar-refractivity contribution in [3.63, 3.8) is 0 Å². The summed E-state index contributed by atoms with van der Waals surface area (Å²) in [4.78, 5) is 5.22. The van der Waals surface area contributed by atoms with E-state index in [9.17, 15) is 5.11 Å². The normalized spacial score (nSPS) is 46.1. The number of oxime groups is 1. The Morgan fingerprint density at radius 3 is 2.65 bits per heavy atom. The summed E-state index contributed by atoms with van der Waals surface area (Å²) in [6.07, 6.45) is -1.11. The predicted molar refractivity (Wildman–Crippen MR) is 67.9 cm³/mol. The van der Waals surface area contributed by atoms with Crippen molar-refractivity contribution in [3.8, 4) is 0 Å². The van der Waals surface area contributed by atoms with E-state index in [2.05, 4.69) is 5.16 Å². The average molecular weight is 287 g/mol. The highest BCUT2D eigenvalue weighted by Gasteiger charge is 2.63. The van der Waals surface area contributed by atoms with Crippen LogP contribution in [-0.4, -0.2) is 54.1 Å². The molecule has 0 bridgehead atoms. The Morgan fingerprint density at radius 2 is 2.05 bits per heavy atom. The van der Waals surface area contributed by atoms with Crippen LogP contribution in [0.2, 0.25) is 0 Å². The highest BCUT2D eigenvalue weighted by Crippen LogP contribution is 2.44. The predicted octanol–water partition coefficient (Wildman–Crippen LogP) is 0.753. The van der Waals surface area contributed by atoms with Gasteiger partial charge in [0.05, 0.1) is 12.1 Å². The highest BCUT2D eigenvalue weighted by molar-refractivity contribution is 5.85. The Hall–Kier alpha value is -0.730. The van der Waals surface area contributed by atoms with Crippen molar-refractivity contribution >= 4 is 5.71 Å². The van der Waals surface area contributed by atoms with E-state index in [1.165, 1.54) is 7.11 Å². The van der Waals surface area contributed by atoms with E-state index in [1.807, 2.05) is 20.8 Å². The van der Waals surface area contributed by atoms with Crippen molar-refractivity contribution in [2.24, 2.45) is 5.16 Å². The second-order valence-corrected chi connectivity index (χ2v) is 5.85. The van der Waals surface area contributed by atoms with Crippen LogP contribution in [0.5, 0.6) is 0 Å². The Balaban J connectivity index is 1.81. The third kappa shape index (κ3) is 2.14. The first-order valence-corrected chi connectivity index (χ1v) is 6.89. The zero-order chi connectivity index (χ0) is 14.5. The van der Waals surface area contributed by atoms with Gasteiger partial charge in [0.1, 0.15) is 12.2 Å². The minimum atomic E-state index is -1.52. The quantitative estimate of drug-likeness (QED) is 0.825. The number of hydrogen-bond acceptors (Lipinski definition) is 7. The summed E-state index contributed by atoms with van der Waals surface area (Å²) in [5.74, 6) is -2.26. The topological polar surface area (TPSA) is 78.7 Å². The van der Waals surface area contributed by atoms with E-state index in [-0.39, 0.29) is 0 Å². The molecule has 3 aliphatic heterocycles. The molecule has 0 saturated carbocycles. The van der Waals surface area contributed by atoms with Gasteiger partial charge in [0, 0.05) is 7.11 Å². The number of methoxy groups -OCH3 is 1. The third-order valence-electron chi connectivity index (χ3n) is 3.89. The van der Waals surface area contributed by atoms with Crippen LogP contribution in [0.4, 0.5) is 0 Å². The molecule has 2 unspecified atom stereocenters. The van der Waals surface area contributed by atoms with Gasteiger partial charge in [-0.2, -0.15) is 0 Å². The lowest BCUT2D eigenvalue weighted by Gasteiger charge is -2.30. The van der Waals surface area contributed by atoms with Crippen LogP contribution >= 0.6 is 0 Å². The molecule has 0 aromatic rings. The molecular formula is C13H21NO6. The molecule has 0 spiro atoms. The molecule has 0 amide bonds. The third-order valence-corrected chi connectivity index (χ3v) is 3.89. The van der Waals surface area contributed by atoms with Crippen molar-refractivity contribution in [1.82, 2.24) is 0 Å². The average Bonchev–Trinajstić information content (AvgIpc) is 3.00. The van der Waals surface area contributed by atoms with Gasteiger partial charge in [-0.1, -0.05) is 12.1 Å². The van der Waals surface area contributed by atoms with Crippen molar-refractivity contribution in [3.05, 3.63) is 0 Å². The first kappa shape index (κ1) is 14.2. The fourth-order valence-corrected chi connectivity index (χ4v) is 2.96. The summed E-state index contributed by atoms with van der Waals surface area (Å²) in [7, 11) is 1.53. The lowest BCUT2D eigenvalue weighted by molar-refractivity contribution is -0.299. The lowest BCUT2D eigenvalue weighted by atomic mass is 9.97. The van der Waals surface area contributed by atoms with Crippen LogP contribution in [0.3, 0.4) is 0 Å². The highest BCUT2D eigenvalue weighted by atomic mass is 16.8. The van der Waals surface area contributed by atoms with Crippen LogP contribution in [0.1, 0.15) is 33.6 Å². The summed E-state index contributed by atoms with van der Waals surface area (Å²) in [5.41, 5.74) is 0.798. The molecule has 0 aromatic heterocycles. The Bertz CT molecular complexity index is 425. The largest absolute Gasteiger partial charge is 0.357 e. The minimum Gasteiger partial charge on any atom is -0.357 e. The van der Waals surface area contributed by atoms with E-state index in [4.69, 9.17) is 23.8 Å². The van der Waals surface area contributed by atoms with Gasteiger partial charge in [0.25, 0.3) is 5.79 Å². The van der Waals surface area contributed by atoms with E-state index in [0.717, 1.165) is 12.1 Å². The first-order valence-electron chi connectivity index (χ1n) is 6.89. The number of fused-ring (bicyclic) bond motifs is 1. The van der Waals surface area contributed by atoms with Gasteiger partial charge in [-0.05, 0) is 20.3 Å². The van der Waals surface area contributed by atoms with E-state index in [1.54, 1.807) is 0 Å². The SMILES string of the molecule is CCC1=NOC(O)(C2O[C@@H](OC)[C@@H]3OC(C)(C)O[C@H]23)C1. The summed E-state index contributed by atoms with van der Waals surface area (Å²) in [5, 5.41) is 14.6. The van der Waals surface area contributed by atoms with Crippen LogP contribution < -0.4 is 0 Å². The molecule has 3 rings (SSSR count). The van der Waals surface area contributed by atoms with Crippen LogP contribution in [-0.2, 0) is 23.8 Å². The van der Waals surface area contributed by atoms with Gasteiger partial charge in [0.15, 0.2) is 18.2 Å². The van der Waals surface area contributed by atoms with Crippen LogP contribution in [0.25, 0.3) is 0 Å². The molecule has 2 fully saturated rings. The van der Waals surface area contributed by atoms with Gasteiger partial charge >= 0.3 is 0 Å². The monoisotopic (exact) mass is 287 g/mol. The Labute approximate surface area is 117 Å². The second-order valence-electron chi connectivity index (χ2n) is 5.85. The first-order chi connectivity index (χ1) is 9.38. The summed E-state index contributed by atoms with van der Waals surface area (Å²) < 4.78 is 22.6. The van der Waals surface area contributed by atoms with Crippen molar-refractivity contribution in [2.45, 2.75) is 69.8 Å². The maximum Gasteiger partial charge on any atom is 0.269 e. The number of aliphatic hydroxyl groups is 1. The number of hydrogen-bond donors (Lipinski definition) is 1. The number of ether oxygens (including phenoxy) is 4. The van der Waals surface area contributed by atoms with Crippen LogP contribution in [0.15, 0.2) is 5.16 Å². The molecule has 0 radical (unpaired) electrons. The molecule has 20 heavy (non-hydrogen) atoms. The van der Waals surface area contributed by atoms with Crippen LogP contribution in [0, 0.1) is 0 Å². The zero-order valence-electron chi connectivity index (χ0n) is 12.2. The summed E-state index contributed by atoms with van der Waals surface area (Å²) >= 11 is 0. The molecule has 5 atom stereocenters. The molecular weight excluding hydrogens is 266 g/mol. The number of nitrogens with zero attached hydrogens (tertiary/aromatic N) is 1. The van der Waals surface area contributed by atoms with Gasteiger partial charge in [-0.15, -0.1) is 0 Å². The van der Waals surface area contributed by atoms with Gasteiger partial charge < -0.3 is 28.9 Å². The van der Waals surface area contributed by atoms with Crippen molar-refractivity contribution in [1.29, 1.82) is 0 Å². The smallest absolute Gasteiger partial charge is 0.269 e. The van der Waals surface area contributed by atoms with E-state index in [0.29, 0.717) is 6.42 Å². The molecule has 1 N–H and O–H groups in total. The molecule has 3 heterocycles. The van der Waals surface area contributed by atoms with Crippen molar-refractivity contribution in [2.75, 3.05) is 7.11 Å². The molecule has 114 valence electrons. The van der Waals surface area contributed by atoms with Gasteiger partial charge in [-0.25, -0.2) is 0 Å². The minimum absolute atomic E-state index is 0.303. The van der Waals surface area contributed by atoms with Gasteiger partial charge in [0.2, 0.25) is 0 Å². The molecule has 7 nitrogen and oxygen atoms in total. The van der Waals surface area contributed by atoms with Crippen molar-refractivity contribution < 1.29 is 28.9 Å². The summed E-state index contributed by atoms with van der Waals surface area (Å²) in [6, 6.07) is 0. The standard InChI is InChI=1S/C13H21NO6/c1-5-7-6-13(15,20-14-7)10-8-9(11(16-4)17-10)19-12(2,3)18-8/h8-11,15H,5-6H2,1-4H3/t8-,9+,10?,11+,13?/m0/s1. The van der Waals surface area contributed by atoms with Gasteiger partial charge in [-0.3, -0.25) is 0 Å². The molecule has 2 saturated heterocycles. The number of rotatable bonds is 3.